The number of hydrogen-bond donors (Lipinski definition) is 4. The molecular formula is C28H44N4O10. The van der Waals surface area contributed by atoms with Gasteiger partial charge in [-0.2, -0.15) is 4.98 Å². The predicted octanol–water partition coefficient (Wildman–Crippen LogP) is 1.74. The first kappa shape index (κ1) is 34.7. The summed E-state index contributed by atoms with van der Waals surface area (Å²) in [6, 6.07) is 0.624. The number of amides is 1. The zero-order valence-corrected chi connectivity index (χ0v) is 24.7. The Morgan fingerprint density at radius 2 is 1.48 bits per heavy atom. The molecule has 0 aliphatic carbocycles. The molecule has 1 aromatic heterocycles. The van der Waals surface area contributed by atoms with Crippen molar-refractivity contribution in [2.75, 3.05) is 39.4 Å². The maximum Gasteiger partial charge on any atom is 0.336 e. The van der Waals surface area contributed by atoms with Crippen LogP contribution >= 0.6 is 0 Å². The van der Waals surface area contributed by atoms with Crippen molar-refractivity contribution in [2.45, 2.75) is 90.2 Å². The van der Waals surface area contributed by atoms with Gasteiger partial charge in [0, 0.05) is 24.7 Å². The third-order valence-corrected chi connectivity index (χ3v) is 7.19. The molecule has 3 rings (SSSR count). The molecule has 1 amide bonds. The third kappa shape index (κ3) is 10.7. The molecule has 1 unspecified atom stereocenters. The zero-order chi connectivity index (χ0) is 31.3. The highest BCUT2D eigenvalue weighted by atomic mass is 16.5. The summed E-state index contributed by atoms with van der Waals surface area (Å²) in [5, 5.41) is 33.8. The van der Waals surface area contributed by atoms with Gasteiger partial charge in [-0.25, -0.2) is 9.78 Å². The van der Waals surface area contributed by atoms with Gasteiger partial charge in [-0.15, -0.1) is 0 Å². The van der Waals surface area contributed by atoms with E-state index in [-0.39, 0.29) is 12.3 Å². The van der Waals surface area contributed by atoms with Gasteiger partial charge in [-0.05, 0) is 66.0 Å². The lowest BCUT2D eigenvalue weighted by molar-refractivity contribution is -0.170. The number of aryl methyl sites for hydroxylation is 1. The molecule has 4 N–H and O–H groups in total. The predicted molar refractivity (Wildman–Crippen MR) is 150 cm³/mol. The minimum absolute atomic E-state index is 0.156. The molecule has 0 radical (unpaired) electrons. The fraction of sp³-hybridized carbons (Fsp3) is 0.714. The molecular weight excluding hydrogens is 552 g/mol. The monoisotopic (exact) mass is 596 g/mol. The van der Waals surface area contributed by atoms with E-state index in [0.29, 0.717) is 31.1 Å². The number of carboxylic acids is 3. The van der Waals surface area contributed by atoms with Crippen molar-refractivity contribution in [3.8, 4) is 11.9 Å². The van der Waals surface area contributed by atoms with Crippen LogP contribution in [0.4, 0.5) is 0 Å². The van der Waals surface area contributed by atoms with Crippen molar-refractivity contribution >= 4 is 23.8 Å². The van der Waals surface area contributed by atoms with Crippen LogP contribution < -0.4 is 9.47 Å². The Morgan fingerprint density at radius 1 is 0.881 bits per heavy atom. The first-order chi connectivity index (χ1) is 19.9. The maximum atomic E-state index is 13.3. The maximum absolute atomic E-state index is 13.3. The highest BCUT2D eigenvalue weighted by molar-refractivity contribution is 5.88. The number of likely N-dealkylation sites (tertiary alicyclic amines) is 2. The molecule has 2 aliphatic rings. The van der Waals surface area contributed by atoms with Gasteiger partial charge in [-0.3, -0.25) is 14.4 Å². The number of nitrogens with zero attached hydrogens (tertiary/aromatic N) is 4. The minimum atomic E-state index is -2.74. The second-order valence-corrected chi connectivity index (χ2v) is 10.5. The van der Waals surface area contributed by atoms with Crippen molar-refractivity contribution in [1.29, 1.82) is 0 Å². The van der Waals surface area contributed by atoms with Crippen LogP contribution in [0.1, 0.15) is 76.5 Å². The van der Waals surface area contributed by atoms with Crippen LogP contribution in [0.15, 0.2) is 0 Å². The molecule has 3 heterocycles. The number of aromatic nitrogens is 2. The van der Waals surface area contributed by atoms with Crippen LogP contribution in [0.25, 0.3) is 0 Å². The van der Waals surface area contributed by atoms with Gasteiger partial charge in [0.25, 0.3) is 0 Å². The van der Waals surface area contributed by atoms with Gasteiger partial charge in [0.15, 0.2) is 5.60 Å². The van der Waals surface area contributed by atoms with E-state index in [1.807, 2.05) is 20.8 Å². The number of carbonyl (C=O) groups excluding carboxylic acids is 1. The van der Waals surface area contributed by atoms with Crippen molar-refractivity contribution in [3.63, 3.8) is 0 Å². The molecule has 42 heavy (non-hydrogen) atoms. The molecule has 2 aliphatic heterocycles. The molecule has 0 saturated carbocycles. The normalized spacial score (nSPS) is 17.5. The summed E-state index contributed by atoms with van der Waals surface area (Å²) in [6.45, 7) is 10.9. The molecule has 2 fully saturated rings. The topological polar surface area (TPSA) is 200 Å². The number of rotatable bonds is 13. The van der Waals surface area contributed by atoms with E-state index in [4.69, 9.17) is 29.9 Å². The molecule has 2 saturated heterocycles. The Morgan fingerprint density at radius 3 is 2.02 bits per heavy atom. The second-order valence-electron chi connectivity index (χ2n) is 10.5. The van der Waals surface area contributed by atoms with E-state index < -0.39 is 36.4 Å². The summed E-state index contributed by atoms with van der Waals surface area (Å²) in [5.74, 6) is -4.39. The van der Waals surface area contributed by atoms with Crippen LogP contribution in [-0.4, -0.2) is 115 Å². The summed E-state index contributed by atoms with van der Waals surface area (Å²) in [7, 11) is 0. The van der Waals surface area contributed by atoms with E-state index in [1.54, 1.807) is 0 Å². The number of aliphatic carboxylic acids is 3. The fourth-order valence-electron chi connectivity index (χ4n) is 5.12. The quantitative estimate of drug-likeness (QED) is 0.257. The Kier molecular flexibility index (Phi) is 13.9. The van der Waals surface area contributed by atoms with Crippen molar-refractivity contribution in [1.82, 2.24) is 19.8 Å². The standard InChI is InChI=1S/C22H36N4O3.C6H8O7/c1-4-28-21-19(17(3)23-22(24-21)29-5-2)15-20(27)26-14-10-7-11-18(26)16-25-12-8-6-9-13-25;7-3(8)1-6(13,5(11)12)2-4(9)10/h18H,4-16H2,1-3H3;13H,1-2H2,(H,7,8)(H,9,10)(H,11,12). The Hall–Kier alpha value is -3.52. The average molecular weight is 597 g/mol. The van der Waals surface area contributed by atoms with Crippen molar-refractivity contribution in [2.24, 2.45) is 0 Å². The van der Waals surface area contributed by atoms with Gasteiger partial charge in [0.05, 0.1) is 38.2 Å². The molecule has 14 nitrogen and oxygen atoms in total. The molecule has 14 heteroatoms. The highest BCUT2D eigenvalue weighted by Gasteiger charge is 2.40. The van der Waals surface area contributed by atoms with E-state index in [0.717, 1.165) is 37.2 Å². The third-order valence-electron chi connectivity index (χ3n) is 7.19. The van der Waals surface area contributed by atoms with Crippen molar-refractivity contribution in [3.05, 3.63) is 11.3 Å². The fourth-order valence-corrected chi connectivity index (χ4v) is 5.12. The van der Waals surface area contributed by atoms with Crippen LogP contribution in [0.5, 0.6) is 11.9 Å². The van der Waals surface area contributed by atoms with E-state index in [1.165, 1.54) is 38.8 Å². The number of aliphatic hydroxyl groups is 1. The Labute approximate surface area is 245 Å². The average Bonchev–Trinajstić information content (AvgIpc) is 2.91. The summed E-state index contributed by atoms with van der Waals surface area (Å²) in [6.07, 6.45) is 5.27. The Bertz CT molecular complexity index is 1060. The van der Waals surface area contributed by atoms with Crippen LogP contribution in [0.2, 0.25) is 0 Å². The molecule has 236 valence electrons. The summed E-state index contributed by atoms with van der Waals surface area (Å²) in [4.78, 5) is 57.2. The lowest BCUT2D eigenvalue weighted by atomic mass is 9.96. The first-order valence-corrected chi connectivity index (χ1v) is 14.4. The number of carbonyl (C=O) groups is 4. The summed E-state index contributed by atoms with van der Waals surface area (Å²) >= 11 is 0. The molecule has 0 aromatic carbocycles. The van der Waals surface area contributed by atoms with E-state index in [2.05, 4.69) is 19.8 Å². The minimum Gasteiger partial charge on any atom is -0.481 e. The van der Waals surface area contributed by atoms with Crippen molar-refractivity contribution < 1.29 is 49.1 Å². The van der Waals surface area contributed by atoms with E-state index >= 15 is 0 Å². The second kappa shape index (κ2) is 16.8. The number of hydrogen-bond acceptors (Lipinski definition) is 10. The van der Waals surface area contributed by atoms with E-state index in [9.17, 15) is 19.2 Å². The SMILES string of the molecule is CCOc1nc(C)c(CC(=O)N2CCCCC2CN2CCCCC2)c(OCC)n1.O=C(O)CC(O)(CC(=O)O)C(=O)O. The lowest BCUT2D eigenvalue weighted by Gasteiger charge is -2.40. The summed E-state index contributed by atoms with van der Waals surface area (Å²) < 4.78 is 11.2. The molecule has 0 bridgehead atoms. The largest absolute Gasteiger partial charge is 0.481 e. The first-order valence-electron chi connectivity index (χ1n) is 14.4. The Balaban J connectivity index is 0.000000401. The van der Waals surface area contributed by atoms with Crippen LogP contribution in [0.3, 0.4) is 0 Å². The number of carboxylic acid groups (broad SMARTS) is 3. The lowest BCUT2D eigenvalue weighted by Crippen LogP contribution is -2.50. The molecule has 0 spiro atoms. The zero-order valence-electron chi connectivity index (χ0n) is 24.7. The highest BCUT2D eigenvalue weighted by Crippen LogP contribution is 2.26. The van der Waals surface area contributed by atoms with Gasteiger partial charge in [0.2, 0.25) is 11.8 Å². The van der Waals surface area contributed by atoms with Crippen LogP contribution in [0, 0.1) is 6.92 Å². The number of piperidine rings is 2. The molecule has 1 atom stereocenters. The summed E-state index contributed by atoms with van der Waals surface area (Å²) in [5.41, 5.74) is -1.20. The smallest absolute Gasteiger partial charge is 0.336 e. The van der Waals surface area contributed by atoms with Gasteiger partial charge in [-0.1, -0.05) is 6.42 Å². The van der Waals surface area contributed by atoms with Gasteiger partial charge in [0.1, 0.15) is 0 Å². The van der Waals surface area contributed by atoms with Crippen LogP contribution in [-0.2, 0) is 25.6 Å². The number of ether oxygens (including phenoxy) is 2. The van der Waals surface area contributed by atoms with Gasteiger partial charge < -0.3 is 39.7 Å². The van der Waals surface area contributed by atoms with Gasteiger partial charge >= 0.3 is 23.9 Å². The molecule has 1 aromatic rings.